The second kappa shape index (κ2) is 20.9. The zero-order valence-electron chi connectivity index (χ0n) is 37.5. The van der Waals surface area contributed by atoms with E-state index in [1.54, 1.807) is 13.8 Å². The Morgan fingerprint density at radius 1 is 1.10 bits per heavy atom. The number of rotatable bonds is 13. The third kappa shape index (κ3) is 12.9. The number of nitrogens with zero attached hydrogens (tertiary/aromatic N) is 5. The number of allylic oxidation sites excluding steroid dienone is 2. The molecular formula is C44H44ClF10N7O5S2. The lowest BCUT2D eigenvalue weighted by Crippen LogP contribution is -2.34. The topological polar surface area (TPSA) is 165 Å². The van der Waals surface area contributed by atoms with Gasteiger partial charge in [0, 0.05) is 52.5 Å². The van der Waals surface area contributed by atoms with Crippen molar-refractivity contribution in [2.75, 3.05) is 23.4 Å². The lowest BCUT2D eigenvalue weighted by molar-refractivity contribution is -0.141. The van der Waals surface area contributed by atoms with E-state index in [2.05, 4.69) is 32.2 Å². The number of anilines is 1. The molecule has 2 aromatic carbocycles. The third-order valence-electron chi connectivity index (χ3n) is 10.7. The number of ether oxygens (including phenoxy) is 1. The van der Waals surface area contributed by atoms with E-state index < -0.39 is 130 Å². The summed E-state index contributed by atoms with van der Waals surface area (Å²) in [4.78, 5) is 35.6. The van der Waals surface area contributed by atoms with E-state index in [1.807, 2.05) is 0 Å². The first-order chi connectivity index (χ1) is 31.8. The summed E-state index contributed by atoms with van der Waals surface area (Å²) in [6.45, 7) is 3.82. The second-order valence-corrected chi connectivity index (χ2v) is 19.5. The number of amides is 2. The molecule has 0 aliphatic heterocycles. The number of alkyl halides is 8. The maximum atomic E-state index is 15.2. The molecule has 12 nitrogen and oxygen atoms in total. The number of halogens is 11. The molecule has 1 fully saturated rings. The molecule has 1 aliphatic rings. The molecule has 2 aromatic heterocycles. The van der Waals surface area contributed by atoms with Gasteiger partial charge < -0.3 is 20.9 Å². The molecule has 2 heterocycles. The normalized spacial score (nSPS) is 18.3. The summed E-state index contributed by atoms with van der Waals surface area (Å²) in [5.41, 5.74) is -0.166. The molecule has 25 heteroatoms. The summed E-state index contributed by atoms with van der Waals surface area (Å²) >= 11 is 7.36. The van der Waals surface area contributed by atoms with Crippen LogP contribution in [0.25, 0.3) is 22.0 Å². The molecule has 0 bridgehead atoms. The molecule has 4 aromatic rings. The molecule has 374 valence electrons. The van der Waals surface area contributed by atoms with Crippen molar-refractivity contribution in [1.29, 1.82) is 0 Å². The zero-order chi connectivity index (χ0) is 51.7. The van der Waals surface area contributed by atoms with Gasteiger partial charge in [-0.1, -0.05) is 30.5 Å². The maximum absolute atomic E-state index is 15.2. The van der Waals surface area contributed by atoms with Crippen molar-refractivity contribution in [3.8, 4) is 23.0 Å². The van der Waals surface area contributed by atoms with Crippen molar-refractivity contribution in [3.63, 3.8) is 0 Å². The Hall–Kier alpha value is -5.38. The summed E-state index contributed by atoms with van der Waals surface area (Å²) in [6.07, 6.45) is -12.6. The van der Waals surface area contributed by atoms with Crippen molar-refractivity contribution in [2.45, 2.75) is 95.3 Å². The van der Waals surface area contributed by atoms with Gasteiger partial charge in [0.1, 0.15) is 52.7 Å². The Labute approximate surface area is 400 Å². The maximum Gasteiger partial charge on any atom is 0.431 e. The Morgan fingerprint density at radius 2 is 1.72 bits per heavy atom. The summed E-state index contributed by atoms with van der Waals surface area (Å²) < 4.78 is 162. The van der Waals surface area contributed by atoms with Crippen LogP contribution in [0.2, 0.25) is 5.02 Å². The predicted molar refractivity (Wildman–Crippen MR) is 242 cm³/mol. The number of aromatic nitrogens is 3. The van der Waals surface area contributed by atoms with Gasteiger partial charge in [-0.15, -0.1) is 0 Å². The van der Waals surface area contributed by atoms with Crippen LogP contribution in [0.15, 0.2) is 58.7 Å². The molecule has 0 spiro atoms. The van der Waals surface area contributed by atoms with Crippen LogP contribution in [0.4, 0.5) is 54.5 Å². The molecule has 5 rings (SSSR count). The smallest absolute Gasteiger partial charge is 0.431 e. The van der Waals surface area contributed by atoms with Gasteiger partial charge in [0.15, 0.2) is 5.82 Å². The monoisotopic (exact) mass is 1040 g/mol. The molecule has 2 amide bonds. The van der Waals surface area contributed by atoms with Gasteiger partial charge in [-0.3, -0.25) is 18.7 Å². The molecule has 4 N–H and O–H groups in total. The van der Waals surface area contributed by atoms with E-state index in [0.29, 0.717) is 22.7 Å². The summed E-state index contributed by atoms with van der Waals surface area (Å²) in [5.74, 6) is -3.67. The highest BCUT2D eigenvalue weighted by atomic mass is 35.5. The van der Waals surface area contributed by atoms with Crippen LogP contribution >= 0.6 is 23.5 Å². The van der Waals surface area contributed by atoms with E-state index in [0.717, 1.165) is 23.4 Å². The summed E-state index contributed by atoms with van der Waals surface area (Å²) in [6, 6.07) is 5.77. The van der Waals surface area contributed by atoms with Crippen molar-refractivity contribution in [2.24, 2.45) is 16.6 Å². The molecule has 4 unspecified atom stereocenters. The van der Waals surface area contributed by atoms with Crippen molar-refractivity contribution in [1.82, 2.24) is 20.1 Å². The van der Waals surface area contributed by atoms with Crippen molar-refractivity contribution in [3.05, 3.63) is 87.3 Å². The van der Waals surface area contributed by atoms with Gasteiger partial charge in [0.25, 0.3) is 5.92 Å². The molecule has 1 saturated carbocycles. The molecule has 69 heavy (non-hydrogen) atoms. The number of aliphatic imine (C=N–C) groups is 1. The number of nitrogens with one attached hydrogen (secondary N) is 1. The first-order valence-electron chi connectivity index (χ1n) is 20.5. The first-order valence-corrected chi connectivity index (χ1v) is 23.6. The predicted octanol–water partition coefficient (Wildman–Crippen LogP) is 9.38. The van der Waals surface area contributed by atoms with Crippen LogP contribution in [0.1, 0.15) is 64.0 Å². The number of carbonyl (C=O) groups excluding carboxylic acids is 2. The first kappa shape index (κ1) is 54.6. The number of benzene rings is 2. The average Bonchev–Trinajstić information content (AvgIpc) is 3.69. The minimum Gasteiger partial charge on any atom is -0.443 e. The van der Waals surface area contributed by atoms with Crippen LogP contribution in [0.5, 0.6) is 0 Å². The minimum absolute atomic E-state index is 0.104. The molecule has 0 radical (unpaired) electrons. The van der Waals surface area contributed by atoms with Gasteiger partial charge in [-0.2, -0.15) is 44.5 Å². The Bertz CT molecular complexity index is 2770. The quantitative estimate of drug-likeness (QED) is 0.0673. The fourth-order valence-corrected chi connectivity index (χ4v) is 8.04. The lowest BCUT2D eigenvalue weighted by atomic mass is 9.93. The zero-order valence-corrected chi connectivity index (χ0v) is 39.9. The number of nitrogens with two attached hydrogens (primary N) is 1. The number of hydrogen-bond acceptors (Lipinski definition) is 10. The summed E-state index contributed by atoms with van der Waals surface area (Å²) in [5, 5.41) is 16.2. The SMILES string of the molecule is CSN(C(=O)OC(C)C(C)O)c1nn(CC(F)(F)F)c2c(-c3ccc(C#CC(C)(C)S(C)=O)nc3C(Cc3cc(F)cc(F)c3)NC(=O)CN=C3/C(=C(\N)C(F)(F)F)[C@@H](C)CC3(F)F)ccc(Cl)c12. The van der Waals surface area contributed by atoms with Gasteiger partial charge in [-0.25, -0.2) is 18.6 Å². The van der Waals surface area contributed by atoms with E-state index >= 15 is 8.78 Å². The minimum atomic E-state index is -5.24. The van der Waals surface area contributed by atoms with E-state index in [1.165, 1.54) is 50.6 Å². The number of aliphatic hydroxyl groups excluding tert-OH is 1. The number of fused-ring (bicyclic) bond motifs is 1. The van der Waals surface area contributed by atoms with Crippen molar-refractivity contribution < 1.29 is 67.5 Å². The van der Waals surface area contributed by atoms with Crippen molar-refractivity contribution >= 4 is 68.8 Å². The number of hydrogen-bond donors (Lipinski definition) is 3. The van der Waals surface area contributed by atoms with Crippen LogP contribution in [0.3, 0.4) is 0 Å². The van der Waals surface area contributed by atoms with Crippen LogP contribution in [-0.2, 0) is 33.3 Å². The summed E-state index contributed by atoms with van der Waals surface area (Å²) in [7, 11) is -1.53. The van der Waals surface area contributed by atoms with E-state index in [4.69, 9.17) is 22.1 Å². The molecule has 0 saturated heterocycles. The molecule has 1 aliphatic carbocycles. The fourth-order valence-electron chi connectivity index (χ4n) is 7.11. The van der Waals surface area contributed by atoms with Gasteiger partial charge in [0.2, 0.25) is 5.91 Å². The second-order valence-electron chi connectivity index (χ2n) is 16.5. The Morgan fingerprint density at radius 3 is 2.29 bits per heavy atom. The Kier molecular flexibility index (Phi) is 16.5. The van der Waals surface area contributed by atoms with Gasteiger partial charge in [0.05, 0.1) is 33.8 Å². The standard InChI is InChI=1S/C44H44ClF10N7O5S2/c1-21-18-42(48,49)38(33(21)37(56)44(53,54)55)57-19-32(64)59-31(16-24-14-25(46)17-26(47)15-24)35-28(9-8-27(58-35)12-13-41(4,5)69(7)66)29-10-11-30(45)34-36(29)61(20-43(50,51)52)60-39(34)62(68-6)40(65)67-23(3)22(2)63/h8-11,14-15,17,21-23,31,63H,16,18-20,56H2,1-7H3,(H,59,64)/b37-33-,57-38?/t21-,22?,23?,31?,69?/m0/s1. The molecule has 5 atom stereocenters. The van der Waals surface area contributed by atoms with Crippen LogP contribution in [0, 0.1) is 29.4 Å². The fraction of sp³-hybridized carbons (Fsp3) is 0.432. The lowest BCUT2D eigenvalue weighted by Gasteiger charge is -2.23. The van der Waals surface area contributed by atoms with E-state index in [-0.39, 0.29) is 44.0 Å². The third-order valence-corrected chi connectivity index (χ3v) is 13.3. The van der Waals surface area contributed by atoms with Crippen LogP contribution in [-0.4, -0.2) is 96.1 Å². The highest BCUT2D eigenvalue weighted by Gasteiger charge is 2.52. The van der Waals surface area contributed by atoms with Gasteiger partial charge >= 0.3 is 18.4 Å². The van der Waals surface area contributed by atoms with Crippen LogP contribution < -0.4 is 15.4 Å². The largest absolute Gasteiger partial charge is 0.443 e. The molecular weight excluding hydrogens is 996 g/mol. The van der Waals surface area contributed by atoms with E-state index in [9.17, 15) is 54.0 Å². The average molecular weight is 1040 g/mol. The number of aliphatic hydroxyl groups is 1. The highest BCUT2D eigenvalue weighted by Crippen LogP contribution is 2.45. The number of carbonyl (C=O) groups is 2. The van der Waals surface area contributed by atoms with Gasteiger partial charge in [-0.05, 0) is 93.8 Å². The Balaban J connectivity index is 1.82. The highest BCUT2D eigenvalue weighted by molar-refractivity contribution is 8.00. The number of pyridine rings is 1.